The number of halogens is 1. The molecule has 1 aromatic carbocycles. The van der Waals surface area contributed by atoms with Crippen LogP contribution in [0.2, 0.25) is 0 Å². The van der Waals surface area contributed by atoms with E-state index in [2.05, 4.69) is 35.0 Å². The standard InChI is InChI=1S/C12H18BrNO/c1-4-9-6-10(5-8(2)14)12(15-3)11(13)7-9/h6-8H,4-5,14H2,1-3H3. The zero-order chi connectivity index (χ0) is 11.4. The molecule has 0 aliphatic rings. The lowest BCUT2D eigenvalue weighted by Crippen LogP contribution is -2.18. The van der Waals surface area contributed by atoms with E-state index >= 15 is 0 Å². The van der Waals surface area contributed by atoms with Crippen LogP contribution in [0.25, 0.3) is 0 Å². The highest BCUT2D eigenvalue weighted by Gasteiger charge is 2.10. The summed E-state index contributed by atoms with van der Waals surface area (Å²) >= 11 is 3.52. The Morgan fingerprint density at radius 2 is 2.13 bits per heavy atom. The Labute approximate surface area is 99.9 Å². The fourth-order valence-electron chi connectivity index (χ4n) is 1.64. The van der Waals surface area contributed by atoms with Gasteiger partial charge in [-0.1, -0.05) is 13.0 Å². The van der Waals surface area contributed by atoms with Gasteiger partial charge in [-0.3, -0.25) is 0 Å². The van der Waals surface area contributed by atoms with Crippen LogP contribution in [0.4, 0.5) is 0 Å². The van der Waals surface area contributed by atoms with E-state index < -0.39 is 0 Å². The van der Waals surface area contributed by atoms with Gasteiger partial charge in [0.2, 0.25) is 0 Å². The zero-order valence-corrected chi connectivity index (χ0v) is 11.1. The first kappa shape index (κ1) is 12.5. The summed E-state index contributed by atoms with van der Waals surface area (Å²) in [5.74, 6) is 0.907. The summed E-state index contributed by atoms with van der Waals surface area (Å²) in [6.45, 7) is 4.15. The van der Waals surface area contributed by atoms with Crippen LogP contribution in [-0.4, -0.2) is 13.2 Å². The van der Waals surface area contributed by atoms with Gasteiger partial charge < -0.3 is 10.5 Å². The Hall–Kier alpha value is -0.540. The number of aryl methyl sites for hydroxylation is 1. The summed E-state index contributed by atoms with van der Waals surface area (Å²) in [4.78, 5) is 0. The third-order valence-electron chi connectivity index (χ3n) is 2.33. The molecular weight excluding hydrogens is 254 g/mol. The van der Waals surface area contributed by atoms with Crippen molar-refractivity contribution in [3.63, 3.8) is 0 Å². The molecule has 0 saturated carbocycles. The minimum Gasteiger partial charge on any atom is -0.495 e. The molecule has 15 heavy (non-hydrogen) atoms. The summed E-state index contributed by atoms with van der Waals surface area (Å²) in [6, 6.07) is 4.43. The van der Waals surface area contributed by atoms with Crippen LogP contribution in [0, 0.1) is 0 Å². The Morgan fingerprint density at radius 1 is 1.47 bits per heavy atom. The van der Waals surface area contributed by atoms with Crippen LogP contribution >= 0.6 is 15.9 Å². The largest absolute Gasteiger partial charge is 0.495 e. The third-order valence-corrected chi connectivity index (χ3v) is 2.92. The summed E-state index contributed by atoms with van der Waals surface area (Å²) in [6.07, 6.45) is 1.87. The van der Waals surface area contributed by atoms with Gasteiger partial charge in [-0.25, -0.2) is 0 Å². The lowest BCUT2D eigenvalue weighted by atomic mass is 10.0. The minimum absolute atomic E-state index is 0.151. The van der Waals surface area contributed by atoms with Gasteiger partial charge in [-0.05, 0) is 52.9 Å². The average Bonchev–Trinajstić information content (AvgIpc) is 2.16. The molecule has 84 valence electrons. The van der Waals surface area contributed by atoms with Gasteiger partial charge in [0.25, 0.3) is 0 Å². The topological polar surface area (TPSA) is 35.2 Å². The van der Waals surface area contributed by atoms with Gasteiger partial charge in [-0.15, -0.1) is 0 Å². The first-order chi connectivity index (χ1) is 7.08. The first-order valence-corrected chi connectivity index (χ1v) is 5.98. The Morgan fingerprint density at radius 3 is 2.60 bits per heavy atom. The number of nitrogens with two attached hydrogens (primary N) is 1. The highest BCUT2D eigenvalue weighted by Crippen LogP contribution is 2.31. The lowest BCUT2D eigenvalue weighted by Gasteiger charge is -2.14. The third kappa shape index (κ3) is 3.21. The van der Waals surface area contributed by atoms with E-state index in [9.17, 15) is 0 Å². The molecule has 0 radical (unpaired) electrons. The van der Waals surface area contributed by atoms with Crippen LogP contribution in [0.5, 0.6) is 5.75 Å². The van der Waals surface area contributed by atoms with Gasteiger partial charge in [0.05, 0.1) is 11.6 Å². The second-order valence-electron chi connectivity index (χ2n) is 3.80. The van der Waals surface area contributed by atoms with E-state index in [0.29, 0.717) is 0 Å². The second-order valence-corrected chi connectivity index (χ2v) is 4.66. The molecule has 2 nitrogen and oxygen atoms in total. The fourth-order valence-corrected chi connectivity index (χ4v) is 2.35. The quantitative estimate of drug-likeness (QED) is 0.914. The van der Waals surface area contributed by atoms with Gasteiger partial charge in [-0.2, -0.15) is 0 Å². The van der Waals surface area contributed by atoms with Crippen molar-refractivity contribution >= 4 is 15.9 Å². The van der Waals surface area contributed by atoms with E-state index in [1.165, 1.54) is 11.1 Å². The Kier molecular flexibility index (Phi) is 4.61. The number of benzene rings is 1. The van der Waals surface area contributed by atoms with Crippen molar-refractivity contribution in [1.82, 2.24) is 0 Å². The van der Waals surface area contributed by atoms with Gasteiger partial charge in [0, 0.05) is 6.04 Å². The normalized spacial score (nSPS) is 12.6. The second kappa shape index (κ2) is 5.52. The molecule has 0 heterocycles. The molecule has 0 saturated heterocycles. The van der Waals surface area contributed by atoms with Gasteiger partial charge in [0.1, 0.15) is 5.75 Å². The highest BCUT2D eigenvalue weighted by molar-refractivity contribution is 9.10. The van der Waals surface area contributed by atoms with E-state index in [4.69, 9.17) is 10.5 Å². The molecule has 1 rings (SSSR count). The van der Waals surface area contributed by atoms with Crippen molar-refractivity contribution in [3.05, 3.63) is 27.7 Å². The molecule has 0 fully saturated rings. The fraction of sp³-hybridized carbons (Fsp3) is 0.500. The van der Waals surface area contributed by atoms with Crippen molar-refractivity contribution in [1.29, 1.82) is 0 Å². The number of methoxy groups -OCH3 is 1. The molecular formula is C12H18BrNO. The predicted octanol–water partition coefficient (Wildman–Crippen LogP) is 2.91. The Bertz CT molecular complexity index is 337. The number of ether oxygens (including phenoxy) is 1. The van der Waals surface area contributed by atoms with Crippen molar-refractivity contribution in [2.75, 3.05) is 7.11 Å². The summed E-state index contributed by atoms with van der Waals surface area (Å²) in [5.41, 5.74) is 8.30. The van der Waals surface area contributed by atoms with Crippen molar-refractivity contribution in [2.45, 2.75) is 32.7 Å². The predicted molar refractivity (Wildman–Crippen MR) is 67.4 cm³/mol. The van der Waals surface area contributed by atoms with Crippen LogP contribution < -0.4 is 10.5 Å². The Balaban J connectivity index is 3.13. The highest BCUT2D eigenvalue weighted by atomic mass is 79.9. The van der Waals surface area contributed by atoms with Crippen LogP contribution in [0.15, 0.2) is 16.6 Å². The molecule has 2 N–H and O–H groups in total. The van der Waals surface area contributed by atoms with Crippen LogP contribution in [-0.2, 0) is 12.8 Å². The van der Waals surface area contributed by atoms with Gasteiger partial charge >= 0.3 is 0 Å². The molecule has 0 aliphatic carbocycles. The number of rotatable bonds is 4. The lowest BCUT2D eigenvalue weighted by molar-refractivity contribution is 0.405. The smallest absolute Gasteiger partial charge is 0.136 e. The minimum atomic E-state index is 0.151. The van der Waals surface area contributed by atoms with Crippen LogP contribution in [0.1, 0.15) is 25.0 Å². The maximum Gasteiger partial charge on any atom is 0.136 e. The molecule has 0 spiro atoms. The number of hydrogen-bond donors (Lipinski definition) is 1. The van der Waals surface area contributed by atoms with E-state index in [0.717, 1.165) is 23.1 Å². The summed E-state index contributed by atoms with van der Waals surface area (Å²) < 4.78 is 6.39. The molecule has 1 aromatic rings. The zero-order valence-electron chi connectivity index (χ0n) is 9.51. The van der Waals surface area contributed by atoms with Crippen molar-refractivity contribution in [2.24, 2.45) is 5.73 Å². The first-order valence-electron chi connectivity index (χ1n) is 5.19. The van der Waals surface area contributed by atoms with E-state index in [-0.39, 0.29) is 6.04 Å². The van der Waals surface area contributed by atoms with Crippen molar-refractivity contribution < 1.29 is 4.74 Å². The average molecular weight is 272 g/mol. The SMILES string of the molecule is CCc1cc(Br)c(OC)c(CC(C)N)c1. The summed E-state index contributed by atoms with van der Waals surface area (Å²) in [7, 11) is 1.69. The monoisotopic (exact) mass is 271 g/mol. The molecule has 1 unspecified atom stereocenters. The summed E-state index contributed by atoms with van der Waals surface area (Å²) in [5, 5.41) is 0. The molecule has 3 heteroatoms. The molecule has 0 bridgehead atoms. The van der Waals surface area contributed by atoms with E-state index in [1.54, 1.807) is 7.11 Å². The molecule has 0 amide bonds. The molecule has 0 aromatic heterocycles. The maximum atomic E-state index is 5.82. The van der Waals surface area contributed by atoms with Crippen LogP contribution in [0.3, 0.4) is 0 Å². The molecule has 0 aliphatic heterocycles. The number of hydrogen-bond acceptors (Lipinski definition) is 2. The maximum absolute atomic E-state index is 5.82. The van der Waals surface area contributed by atoms with Gasteiger partial charge in [0.15, 0.2) is 0 Å². The molecule has 1 atom stereocenters. The van der Waals surface area contributed by atoms with E-state index in [1.807, 2.05) is 6.92 Å². The van der Waals surface area contributed by atoms with Crippen molar-refractivity contribution in [3.8, 4) is 5.75 Å².